The summed E-state index contributed by atoms with van der Waals surface area (Å²) in [6.07, 6.45) is 8.50. The maximum atomic E-state index is 4.41. The van der Waals surface area contributed by atoms with Gasteiger partial charge >= 0.3 is 0 Å². The third kappa shape index (κ3) is 4.45. The summed E-state index contributed by atoms with van der Waals surface area (Å²) in [5, 5.41) is 4.76. The van der Waals surface area contributed by atoms with Crippen LogP contribution in [-0.4, -0.2) is 11.0 Å². The Bertz CT molecular complexity index is 307. The number of nitrogens with one attached hydrogen (secondary N) is 1. The van der Waals surface area contributed by atoms with E-state index in [9.17, 15) is 0 Å². The predicted molar refractivity (Wildman–Crippen MR) is 71.8 cm³/mol. The molecule has 1 rings (SSSR count). The fourth-order valence-corrected chi connectivity index (χ4v) is 2.41. The second kappa shape index (κ2) is 7.58. The fraction of sp³-hybridized carbons (Fsp3) is 0.615. The van der Waals surface area contributed by atoms with Crippen molar-refractivity contribution in [3.63, 3.8) is 0 Å². The van der Waals surface area contributed by atoms with Crippen molar-refractivity contribution in [2.24, 2.45) is 0 Å². The zero-order chi connectivity index (χ0) is 11.8. The summed E-state index contributed by atoms with van der Waals surface area (Å²) in [4.78, 5) is 5.78. The molecule has 0 radical (unpaired) electrons. The minimum atomic E-state index is 0.590. The van der Waals surface area contributed by atoms with E-state index in [0.717, 1.165) is 19.4 Å². The molecule has 0 saturated heterocycles. The molecule has 1 unspecified atom stereocenters. The largest absolute Gasteiger partial charge is 0.308 e. The van der Waals surface area contributed by atoms with Gasteiger partial charge in [-0.3, -0.25) is 0 Å². The molecule has 0 spiro atoms. The lowest BCUT2D eigenvalue weighted by molar-refractivity contribution is 0.470. The molecule has 90 valence electrons. The van der Waals surface area contributed by atoms with E-state index in [0.29, 0.717) is 6.04 Å². The Hall–Kier alpha value is -0.670. The maximum Gasteiger partial charge on any atom is 0.107 e. The van der Waals surface area contributed by atoms with E-state index in [2.05, 4.69) is 30.7 Å². The summed E-state index contributed by atoms with van der Waals surface area (Å²) >= 11 is 1.82. The number of hydrogen-bond acceptors (Lipinski definition) is 3. The monoisotopic (exact) mass is 238 g/mol. The summed E-state index contributed by atoms with van der Waals surface area (Å²) in [5.74, 6) is 0. The number of aryl methyl sites for hydroxylation is 1. The molecule has 0 saturated carbocycles. The molecule has 2 nitrogen and oxygen atoms in total. The molecule has 16 heavy (non-hydrogen) atoms. The van der Waals surface area contributed by atoms with Crippen LogP contribution in [0.2, 0.25) is 0 Å². The van der Waals surface area contributed by atoms with Crippen LogP contribution in [0, 0.1) is 0 Å². The molecule has 1 atom stereocenters. The summed E-state index contributed by atoms with van der Waals surface area (Å²) in [6.45, 7) is 9.06. The second-order valence-electron chi connectivity index (χ2n) is 3.93. The van der Waals surface area contributed by atoms with Crippen LogP contribution >= 0.6 is 11.3 Å². The molecule has 3 heteroatoms. The average Bonchev–Trinajstić information content (AvgIpc) is 2.77. The van der Waals surface area contributed by atoms with Crippen LogP contribution in [0.5, 0.6) is 0 Å². The number of allylic oxidation sites excluding steroid dienone is 1. The van der Waals surface area contributed by atoms with Crippen molar-refractivity contribution in [3.05, 3.63) is 28.7 Å². The number of thiazole rings is 1. The van der Waals surface area contributed by atoms with Gasteiger partial charge in [-0.25, -0.2) is 4.98 Å². The smallest absolute Gasteiger partial charge is 0.107 e. The Morgan fingerprint density at radius 1 is 1.56 bits per heavy atom. The molecule has 0 aliphatic heterocycles. The van der Waals surface area contributed by atoms with Gasteiger partial charge < -0.3 is 5.32 Å². The maximum absolute atomic E-state index is 4.41. The van der Waals surface area contributed by atoms with Crippen molar-refractivity contribution in [2.75, 3.05) is 0 Å². The van der Waals surface area contributed by atoms with E-state index in [-0.39, 0.29) is 0 Å². The number of nitrogens with zero attached hydrogens (tertiary/aromatic N) is 1. The van der Waals surface area contributed by atoms with Crippen LogP contribution in [0.4, 0.5) is 0 Å². The van der Waals surface area contributed by atoms with Crippen LogP contribution in [-0.2, 0) is 13.0 Å². The van der Waals surface area contributed by atoms with E-state index >= 15 is 0 Å². The van der Waals surface area contributed by atoms with E-state index < -0.39 is 0 Å². The molecule has 0 aliphatic rings. The Morgan fingerprint density at radius 3 is 2.94 bits per heavy atom. The van der Waals surface area contributed by atoms with Crippen molar-refractivity contribution in [1.29, 1.82) is 0 Å². The zero-order valence-electron chi connectivity index (χ0n) is 10.3. The normalized spacial score (nSPS) is 12.6. The van der Waals surface area contributed by atoms with Crippen LogP contribution in [0.15, 0.2) is 18.9 Å². The molecule has 1 heterocycles. The van der Waals surface area contributed by atoms with Gasteiger partial charge in [0.1, 0.15) is 5.01 Å². The molecule has 1 aromatic rings. The lowest BCUT2D eigenvalue weighted by Crippen LogP contribution is -2.27. The molecule has 0 bridgehead atoms. The highest BCUT2D eigenvalue weighted by atomic mass is 32.1. The summed E-state index contributed by atoms with van der Waals surface area (Å²) < 4.78 is 0. The molecular weight excluding hydrogens is 216 g/mol. The third-order valence-electron chi connectivity index (χ3n) is 2.70. The summed E-state index contributed by atoms with van der Waals surface area (Å²) in [6, 6.07) is 0.590. The van der Waals surface area contributed by atoms with Crippen LogP contribution in [0.3, 0.4) is 0 Å². The van der Waals surface area contributed by atoms with Gasteiger partial charge in [0.05, 0.1) is 0 Å². The van der Waals surface area contributed by atoms with Gasteiger partial charge in [0.2, 0.25) is 0 Å². The van der Waals surface area contributed by atoms with Crippen molar-refractivity contribution >= 4 is 11.3 Å². The highest BCUT2D eigenvalue weighted by Crippen LogP contribution is 2.13. The summed E-state index contributed by atoms with van der Waals surface area (Å²) in [5.41, 5.74) is 0. The highest BCUT2D eigenvalue weighted by molar-refractivity contribution is 7.11. The van der Waals surface area contributed by atoms with Gasteiger partial charge in [-0.1, -0.05) is 19.9 Å². The first-order valence-corrected chi connectivity index (χ1v) is 6.89. The standard InChI is InChI=1S/C13H22N2S/c1-4-7-8-11(5-2)14-10-13-15-9-12(6-3)16-13/h4,9,11,14H,1,5-8,10H2,2-3H3. The van der Waals surface area contributed by atoms with Gasteiger partial charge in [-0.2, -0.15) is 0 Å². The topological polar surface area (TPSA) is 24.9 Å². The molecule has 0 aliphatic carbocycles. The van der Waals surface area contributed by atoms with E-state index in [1.165, 1.54) is 22.7 Å². The minimum Gasteiger partial charge on any atom is -0.308 e. The first-order valence-electron chi connectivity index (χ1n) is 6.08. The second-order valence-corrected chi connectivity index (χ2v) is 5.13. The highest BCUT2D eigenvalue weighted by Gasteiger charge is 2.06. The van der Waals surface area contributed by atoms with Crippen LogP contribution in [0.25, 0.3) is 0 Å². The number of rotatable bonds is 8. The van der Waals surface area contributed by atoms with Gasteiger partial charge in [0.25, 0.3) is 0 Å². The fourth-order valence-electron chi connectivity index (χ4n) is 1.59. The van der Waals surface area contributed by atoms with Gasteiger partial charge in [0.15, 0.2) is 0 Å². The van der Waals surface area contributed by atoms with Crippen LogP contribution < -0.4 is 5.32 Å². The predicted octanol–water partition coefficient (Wildman–Crippen LogP) is 3.54. The molecule has 1 aromatic heterocycles. The molecule has 0 amide bonds. The van der Waals surface area contributed by atoms with Crippen molar-refractivity contribution in [2.45, 2.75) is 52.1 Å². The third-order valence-corrected chi connectivity index (χ3v) is 3.85. The van der Waals surface area contributed by atoms with Crippen molar-refractivity contribution in [3.8, 4) is 0 Å². The quantitative estimate of drug-likeness (QED) is 0.701. The molecular formula is C13H22N2S. The molecule has 0 fully saturated rings. The van der Waals surface area contributed by atoms with Gasteiger partial charge in [-0.15, -0.1) is 17.9 Å². The van der Waals surface area contributed by atoms with Crippen molar-refractivity contribution in [1.82, 2.24) is 10.3 Å². The molecule has 1 N–H and O–H groups in total. The Kier molecular flexibility index (Phi) is 6.34. The Morgan fingerprint density at radius 2 is 2.38 bits per heavy atom. The average molecular weight is 238 g/mol. The number of aromatic nitrogens is 1. The van der Waals surface area contributed by atoms with E-state index in [1.807, 2.05) is 23.6 Å². The van der Waals surface area contributed by atoms with Gasteiger partial charge in [-0.05, 0) is 25.7 Å². The van der Waals surface area contributed by atoms with E-state index in [1.54, 1.807) is 0 Å². The van der Waals surface area contributed by atoms with Crippen molar-refractivity contribution < 1.29 is 0 Å². The van der Waals surface area contributed by atoms with Crippen LogP contribution in [0.1, 0.15) is 43.0 Å². The lowest BCUT2D eigenvalue weighted by atomic mass is 10.1. The lowest BCUT2D eigenvalue weighted by Gasteiger charge is -2.14. The first-order chi connectivity index (χ1) is 7.80. The van der Waals surface area contributed by atoms with E-state index in [4.69, 9.17) is 0 Å². The Labute approximate surface area is 103 Å². The Balaban J connectivity index is 2.33. The SMILES string of the molecule is C=CCCC(CC)NCc1ncc(CC)s1. The number of hydrogen-bond donors (Lipinski definition) is 1. The summed E-state index contributed by atoms with van der Waals surface area (Å²) in [7, 11) is 0. The minimum absolute atomic E-state index is 0.590. The van der Waals surface area contributed by atoms with Gasteiger partial charge in [0, 0.05) is 23.7 Å². The first kappa shape index (κ1) is 13.4. The zero-order valence-corrected chi connectivity index (χ0v) is 11.1. The molecule has 0 aromatic carbocycles.